The molecule has 0 radical (unpaired) electrons. The van der Waals surface area contributed by atoms with Gasteiger partial charge in [-0.1, -0.05) is 20.8 Å². The number of ketones is 1. The molecule has 17 heavy (non-hydrogen) atoms. The van der Waals surface area contributed by atoms with Gasteiger partial charge >= 0.3 is 0 Å². The van der Waals surface area contributed by atoms with Crippen LogP contribution in [-0.4, -0.2) is 30.3 Å². The quantitative estimate of drug-likeness (QED) is 0.719. The van der Waals surface area contributed by atoms with Crippen molar-refractivity contribution in [1.82, 2.24) is 0 Å². The summed E-state index contributed by atoms with van der Waals surface area (Å²) in [4.78, 5) is 11.7. The number of halogens is 2. The van der Waals surface area contributed by atoms with E-state index in [9.17, 15) is 4.79 Å². The van der Waals surface area contributed by atoms with Gasteiger partial charge in [0, 0.05) is 18.7 Å². The fraction of sp³-hybridized carbons (Fsp3) is 0.923. The van der Waals surface area contributed by atoms with Crippen molar-refractivity contribution in [3.05, 3.63) is 0 Å². The lowest BCUT2D eigenvalue weighted by molar-refractivity contribution is -0.130. The minimum absolute atomic E-state index is 0.0538. The third-order valence-corrected chi connectivity index (χ3v) is 3.93. The van der Waals surface area contributed by atoms with Gasteiger partial charge in [0.25, 0.3) is 0 Å². The molecule has 0 aromatic heterocycles. The van der Waals surface area contributed by atoms with Crippen LogP contribution in [0.4, 0.5) is 0 Å². The molecular weight excluding hydrogens is 259 g/mol. The molecule has 0 N–H and O–H groups in total. The minimum Gasteiger partial charge on any atom is -0.379 e. The first-order valence-corrected chi connectivity index (χ1v) is 7.03. The van der Waals surface area contributed by atoms with E-state index in [1.54, 1.807) is 0 Å². The van der Waals surface area contributed by atoms with Crippen molar-refractivity contribution in [3.63, 3.8) is 0 Å². The van der Waals surface area contributed by atoms with Gasteiger partial charge in [-0.05, 0) is 17.3 Å². The number of Topliss-reactive ketones (excluding diaryl/α,β-unsaturated/α-hetero) is 1. The fourth-order valence-corrected chi connectivity index (χ4v) is 3.11. The number of alkyl halides is 2. The van der Waals surface area contributed by atoms with Crippen LogP contribution in [0.3, 0.4) is 0 Å². The summed E-state index contributed by atoms with van der Waals surface area (Å²) in [7, 11) is 0. The number of carbonyl (C=O) groups excluding carboxylic acids is 1. The van der Waals surface area contributed by atoms with E-state index < -0.39 is 0 Å². The molecule has 0 aromatic rings. The predicted octanol–water partition coefficient (Wildman–Crippen LogP) is 3.63. The highest BCUT2D eigenvalue weighted by Gasteiger charge is 2.40. The highest BCUT2D eigenvalue weighted by Crippen LogP contribution is 2.44. The van der Waals surface area contributed by atoms with Crippen LogP contribution in [-0.2, 0) is 9.53 Å². The monoisotopic (exact) mass is 280 g/mol. The maximum Gasteiger partial charge on any atom is 0.134 e. The summed E-state index contributed by atoms with van der Waals surface area (Å²) in [5, 5.41) is -0.146. The van der Waals surface area contributed by atoms with Crippen LogP contribution in [0, 0.1) is 10.8 Å². The third kappa shape index (κ3) is 5.15. The Balaban J connectivity index is 2.47. The molecule has 0 spiro atoms. The smallest absolute Gasteiger partial charge is 0.134 e. The highest BCUT2D eigenvalue weighted by molar-refractivity contribution is 6.28. The van der Waals surface area contributed by atoms with Crippen LogP contribution >= 0.6 is 23.2 Å². The number of carbonyl (C=O) groups is 1. The molecule has 0 saturated heterocycles. The maximum absolute atomic E-state index is 11.7. The normalized spacial score (nSPS) is 30.3. The summed E-state index contributed by atoms with van der Waals surface area (Å²) >= 11 is 11.5. The van der Waals surface area contributed by atoms with Gasteiger partial charge in [0.2, 0.25) is 0 Å². The van der Waals surface area contributed by atoms with Gasteiger partial charge in [-0.2, -0.15) is 0 Å². The summed E-state index contributed by atoms with van der Waals surface area (Å²) in [5.74, 6) is 0.731. The second kappa shape index (κ2) is 5.90. The van der Waals surface area contributed by atoms with E-state index in [1.165, 1.54) is 0 Å². The second-order valence-electron chi connectivity index (χ2n) is 6.31. The lowest BCUT2D eigenvalue weighted by atomic mass is 9.64. The number of hydrogen-bond acceptors (Lipinski definition) is 2. The van der Waals surface area contributed by atoms with Gasteiger partial charge in [-0.15, -0.1) is 23.2 Å². The Labute approximate surface area is 114 Å². The van der Waals surface area contributed by atoms with Crippen LogP contribution in [0.25, 0.3) is 0 Å². The molecular formula is C13H22Cl2O2. The first-order valence-electron chi connectivity index (χ1n) is 6.06. The van der Waals surface area contributed by atoms with Crippen molar-refractivity contribution < 1.29 is 9.53 Å². The highest BCUT2D eigenvalue weighted by atomic mass is 35.5. The van der Waals surface area contributed by atoms with Crippen LogP contribution in [0.5, 0.6) is 0 Å². The molecule has 1 saturated carbocycles. The first-order chi connectivity index (χ1) is 7.76. The molecule has 1 fully saturated rings. The van der Waals surface area contributed by atoms with E-state index in [1.807, 2.05) is 0 Å². The Morgan fingerprint density at radius 3 is 2.53 bits per heavy atom. The van der Waals surface area contributed by atoms with Gasteiger partial charge in [-0.25, -0.2) is 0 Å². The largest absolute Gasteiger partial charge is 0.379 e. The zero-order valence-electron chi connectivity index (χ0n) is 10.9. The predicted molar refractivity (Wildman–Crippen MR) is 71.9 cm³/mol. The lowest BCUT2D eigenvalue weighted by Gasteiger charge is -2.41. The molecule has 2 unspecified atom stereocenters. The summed E-state index contributed by atoms with van der Waals surface area (Å²) < 4.78 is 5.60. The Morgan fingerprint density at radius 1 is 1.35 bits per heavy atom. The molecule has 2 atom stereocenters. The van der Waals surface area contributed by atoms with Crippen LogP contribution in [0.15, 0.2) is 0 Å². The zero-order valence-corrected chi connectivity index (χ0v) is 12.4. The Bertz CT molecular complexity index is 279. The van der Waals surface area contributed by atoms with Crippen molar-refractivity contribution in [2.24, 2.45) is 10.8 Å². The van der Waals surface area contributed by atoms with Gasteiger partial charge in [0.1, 0.15) is 5.78 Å². The lowest BCUT2D eigenvalue weighted by Crippen LogP contribution is -2.39. The molecule has 0 aromatic carbocycles. The van der Waals surface area contributed by atoms with Gasteiger partial charge in [0.15, 0.2) is 0 Å². The zero-order chi connectivity index (χ0) is 13.1. The van der Waals surface area contributed by atoms with Crippen molar-refractivity contribution in [2.45, 2.75) is 45.4 Å². The summed E-state index contributed by atoms with van der Waals surface area (Å²) in [5.41, 5.74) is 0.0298. The van der Waals surface area contributed by atoms with Crippen LogP contribution in [0.1, 0.15) is 40.0 Å². The van der Waals surface area contributed by atoms with Crippen molar-refractivity contribution in [2.75, 3.05) is 19.1 Å². The first kappa shape index (κ1) is 15.3. The molecule has 1 aliphatic carbocycles. The van der Waals surface area contributed by atoms with Crippen LogP contribution in [0.2, 0.25) is 0 Å². The molecule has 0 bridgehead atoms. The molecule has 2 nitrogen and oxygen atoms in total. The maximum atomic E-state index is 11.7. The average Bonchev–Trinajstić information content (AvgIpc) is 2.12. The van der Waals surface area contributed by atoms with E-state index in [0.717, 1.165) is 6.42 Å². The van der Waals surface area contributed by atoms with Gasteiger partial charge < -0.3 is 4.74 Å². The third-order valence-electron chi connectivity index (χ3n) is 3.12. The van der Waals surface area contributed by atoms with E-state index in [-0.39, 0.29) is 16.2 Å². The van der Waals surface area contributed by atoms with Crippen molar-refractivity contribution in [3.8, 4) is 0 Å². The average molecular weight is 281 g/mol. The molecule has 0 aliphatic heterocycles. The number of ether oxygens (including phenoxy) is 1. The van der Waals surface area contributed by atoms with E-state index in [2.05, 4.69) is 20.8 Å². The summed E-state index contributed by atoms with van der Waals surface area (Å²) in [6.45, 7) is 7.45. The Morgan fingerprint density at radius 2 is 2.00 bits per heavy atom. The minimum atomic E-state index is -0.146. The molecule has 0 amide bonds. The van der Waals surface area contributed by atoms with Crippen molar-refractivity contribution >= 4 is 29.0 Å². The van der Waals surface area contributed by atoms with Gasteiger partial charge in [-0.3, -0.25) is 4.79 Å². The van der Waals surface area contributed by atoms with Gasteiger partial charge in [0.05, 0.1) is 18.6 Å². The summed E-state index contributed by atoms with van der Waals surface area (Å²) in [6, 6.07) is 0. The van der Waals surface area contributed by atoms with Crippen LogP contribution < -0.4 is 0 Å². The standard InChI is InChI=1S/C13H22Cl2O2/c1-12(2)4-11(16)5-13(3,8-12)9-17-7-10(15)6-14/h10H,4-9H2,1-3H3. The van der Waals surface area contributed by atoms with Crippen molar-refractivity contribution in [1.29, 1.82) is 0 Å². The number of hydrogen-bond donors (Lipinski definition) is 0. The van der Waals surface area contributed by atoms with E-state index >= 15 is 0 Å². The molecule has 1 rings (SSSR count). The molecule has 0 heterocycles. The SMILES string of the molecule is CC1(C)CC(=O)CC(C)(COCC(Cl)CCl)C1. The second-order valence-corrected chi connectivity index (χ2v) is 7.24. The Kier molecular flexibility index (Phi) is 5.30. The summed E-state index contributed by atoms with van der Waals surface area (Å²) in [6.07, 6.45) is 2.31. The van der Waals surface area contributed by atoms with E-state index in [4.69, 9.17) is 27.9 Å². The molecule has 1 aliphatic rings. The molecule has 4 heteroatoms. The number of rotatable bonds is 5. The van der Waals surface area contributed by atoms with E-state index in [0.29, 0.717) is 37.7 Å². The Hall–Kier alpha value is 0.210. The molecule has 100 valence electrons. The fourth-order valence-electron chi connectivity index (χ4n) is 2.93. The topological polar surface area (TPSA) is 26.3 Å².